The molecule has 5 nitrogen and oxygen atoms in total. The summed E-state index contributed by atoms with van der Waals surface area (Å²) in [6.45, 7) is 1.82. The van der Waals surface area contributed by atoms with E-state index < -0.39 is 12.2 Å². The van der Waals surface area contributed by atoms with E-state index >= 15 is 0 Å². The van der Waals surface area contributed by atoms with Gasteiger partial charge >= 0.3 is 5.97 Å². The fourth-order valence-electron chi connectivity index (χ4n) is 4.49. The lowest BCUT2D eigenvalue weighted by Gasteiger charge is -2.44. The molecule has 1 unspecified atom stereocenters. The summed E-state index contributed by atoms with van der Waals surface area (Å²) in [6.07, 6.45) is 13.8. The second-order valence-electron chi connectivity index (χ2n) is 8.60. The van der Waals surface area contributed by atoms with E-state index in [0.29, 0.717) is 19.3 Å². The van der Waals surface area contributed by atoms with Crippen molar-refractivity contribution >= 4 is 11.8 Å². The summed E-state index contributed by atoms with van der Waals surface area (Å²) in [5.41, 5.74) is -0.0935. The SMILES string of the molecule is CC#CCC1(C(O)CC=C[C@H]2[C@H](O)CC(=O)[C@@H]2CC=CCCCC(=O)OC)CCC1. The molecule has 0 radical (unpaired) electrons. The first kappa shape index (κ1) is 24.4. The molecule has 2 fully saturated rings. The Balaban J connectivity index is 1.85. The van der Waals surface area contributed by atoms with Crippen molar-refractivity contribution in [2.45, 2.75) is 83.3 Å². The summed E-state index contributed by atoms with van der Waals surface area (Å²) in [4.78, 5) is 23.4. The molecule has 5 heteroatoms. The highest BCUT2D eigenvalue weighted by molar-refractivity contribution is 5.84. The number of methoxy groups -OCH3 is 1. The van der Waals surface area contributed by atoms with Crippen LogP contribution >= 0.6 is 0 Å². The van der Waals surface area contributed by atoms with Gasteiger partial charge in [0, 0.05) is 36.5 Å². The van der Waals surface area contributed by atoms with E-state index in [4.69, 9.17) is 0 Å². The number of esters is 1. The first-order chi connectivity index (χ1) is 14.4. The number of allylic oxidation sites excluding steroid dienone is 2. The first-order valence-corrected chi connectivity index (χ1v) is 11.1. The normalized spacial score (nSPS) is 26.4. The number of ether oxygens (including phenoxy) is 1. The average molecular weight is 417 g/mol. The third-order valence-corrected chi connectivity index (χ3v) is 6.66. The highest BCUT2D eigenvalue weighted by Crippen LogP contribution is 2.47. The van der Waals surface area contributed by atoms with Crippen LogP contribution < -0.4 is 0 Å². The maximum Gasteiger partial charge on any atom is 0.305 e. The fourth-order valence-corrected chi connectivity index (χ4v) is 4.49. The van der Waals surface area contributed by atoms with Gasteiger partial charge in [-0.2, -0.15) is 0 Å². The van der Waals surface area contributed by atoms with Crippen molar-refractivity contribution in [3.05, 3.63) is 24.3 Å². The molecule has 2 aliphatic rings. The lowest BCUT2D eigenvalue weighted by atomic mass is 9.62. The van der Waals surface area contributed by atoms with Gasteiger partial charge < -0.3 is 14.9 Å². The molecular formula is C25H36O5. The topological polar surface area (TPSA) is 83.8 Å². The number of Topliss-reactive ketones (excluding diaryl/α,β-unsaturated/α-hetero) is 1. The highest BCUT2D eigenvalue weighted by atomic mass is 16.5. The third-order valence-electron chi connectivity index (χ3n) is 6.66. The molecule has 0 saturated heterocycles. The number of unbranched alkanes of at least 4 members (excludes halogenated alkanes) is 1. The van der Waals surface area contributed by atoms with Crippen LogP contribution in [0.25, 0.3) is 0 Å². The Morgan fingerprint density at radius 1 is 1.33 bits per heavy atom. The smallest absolute Gasteiger partial charge is 0.305 e. The van der Waals surface area contributed by atoms with Gasteiger partial charge in [-0.15, -0.1) is 11.8 Å². The number of carbonyl (C=O) groups is 2. The van der Waals surface area contributed by atoms with E-state index in [0.717, 1.165) is 38.5 Å². The molecule has 30 heavy (non-hydrogen) atoms. The summed E-state index contributed by atoms with van der Waals surface area (Å²) in [5, 5.41) is 21.0. The predicted octanol–water partition coefficient (Wildman–Crippen LogP) is 3.73. The minimum Gasteiger partial charge on any atom is -0.469 e. The van der Waals surface area contributed by atoms with Gasteiger partial charge in [-0.25, -0.2) is 0 Å². The monoisotopic (exact) mass is 416 g/mol. The first-order valence-electron chi connectivity index (χ1n) is 11.1. The van der Waals surface area contributed by atoms with Crippen molar-refractivity contribution in [1.82, 2.24) is 0 Å². The molecule has 2 saturated carbocycles. The zero-order chi connectivity index (χ0) is 22.0. The zero-order valence-corrected chi connectivity index (χ0v) is 18.3. The fraction of sp³-hybridized carbons (Fsp3) is 0.680. The van der Waals surface area contributed by atoms with Crippen LogP contribution in [0.2, 0.25) is 0 Å². The Kier molecular flexibility index (Phi) is 9.81. The van der Waals surface area contributed by atoms with Crippen molar-refractivity contribution in [1.29, 1.82) is 0 Å². The summed E-state index contributed by atoms with van der Waals surface area (Å²) in [7, 11) is 1.38. The van der Waals surface area contributed by atoms with Crippen molar-refractivity contribution < 1.29 is 24.5 Å². The van der Waals surface area contributed by atoms with Crippen molar-refractivity contribution in [2.24, 2.45) is 17.3 Å². The lowest BCUT2D eigenvalue weighted by molar-refractivity contribution is -0.140. The second kappa shape index (κ2) is 12.1. The van der Waals surface area contributed by atoms with Gasteiger partial charge in [-0.05, 0) is 45.4 Å². The molecule has 0 spiro atoms. The van der Waals surface area contributed by atoms with Crippen LogP contribution in [0, 0.1) is 29.1 Å². The maximum atomic E-state index is 12.3. The molecular weight excluding hydrogens is 380 g/mol. The van der Waals surface area contributed by atoms with Gasteiger partial charge in [0.25, 0.3) is 0 Å². The largest absolute Gasteiger partial charge is 0.469 e. The Morgan fingerprint density at radius 2 is 2.10 bits per heavy atom. The predicted molar refractivity (Wildman–Crippen MR) is 116 cm³/mol. The quantitative estimate of drug-likeness (QED) is 0.232. The Labute approximate surface area is 180 Å². The lowest BCUT2D eigenvalue weighted by Crippen LogP contribution is -2.40. The molecule has 166 valence electrons. The number of hydrogen-bond acceptors (Lipinski definition) is 5. The second-order valence-corrected chi connectivity index (χ2v) is 8.60. The summed E-state index contributed by atoms with van der Waals surface area (Å²) >= 11 is 0. The van der Waals surface area contributed by atoms with Gasteiger partial charge in [0.05, 0.1) is 19.3 Å². The Bertz CT molecular complexity index is 692. The zero-order valence-electron chi connectivity index (χ0n) is 18.3. The number of rotatable bonds is 11. The van der Waals surface area contributed by atoms with Crippen LogP contribution in [0.4, 0.5) is 0 Å². The van der Waals surface area contributed by atoms with Crippen LogP contribution in [0.1, 0.15) is 71.1 Å². The molecule has 0 aromatic rings. The van der Waals surface area contributed by atoms with Gasteiger partial charge in [0.1, 0.15) is 5.78 Å². The van der Waals surface area contributed by atoms with E-state index in [1.807, 2.05) is 31.2 Å². The number of hydrogen-bond donors (Lipinski definition) is 2. The molecule has 2 rings (SSSR count). The van der Waals surface area contributed by atoms with Crippen LogP contribution in [0.5, 0.6) is 0 Å². The molecule has 0 amide bonds. The molecule has 0 heterocycles. The van der Waals surface area contributed by atoms with Crippen LogP contribution in [-0.4, -0.2) is 41.3 Å². The Morgan fingerprint density at radius 3 is 2.73 bits per heavy atom. The van der Waals surface area contributed by atoms with E-state index in [1.54, 1.807) is 0 Å². The number of aliphatic hydroxyl groups excluding tert-OH is 2. The number of carbonyl (C=O) groups excluding carboxylic acids is 2. The summed E-state index contributed by atoms with van der Waals surface area (Å²) in [6, 6.07) is 0. The Hall–Kier alpha value is -1.90. The number of ketones is 1. The molecule has 2 aliphatic carbocycles. The summed E-state index contributed by atoms with van der Waals surface area (Å²) in [5.74, 6) is 5.48. The molecule has 0 aliphatic heterocycles. The van der Waals surface area contributed by atoms with Crippen LogP contribution in [-0.2, 0) is 14.3 Å². The summed E-state index contributed by atoms with van der Waals surface area (Å²) < 4.78 is 4.62. The van der Waals surface area contributed by atoms with Crippen LogP contribution in [0.15, 0.2) is 24.3 Å². The van der Waals surface area contributed by atoms with Gasteiger partial charge in [0.2, 0.25) is 0 Å². The third kappa shape index (κ3) is 6.55. The minimum absolute atomic E-state index is 0.0885. The van der Waals surface area contributed by atoms with E-state index in [2.05, 4.69) is 16.6 Å². The standard InChI is InChI=1S/C25H36O5/c1-3-4-15-25(16-10-17-25)23(28)13-9-12-20-19(21(26)18-22(20)27)11-7-5-6-8-14-24(29)30-2/h5,7,9,12,19-20,22-23,27-28H,6,8,10-11,13-18H2,1-2H3/t19-,20-,22-,23?/m1/s1. The molecule has 0 aromatic carbocycles. The molecule has 4 atom stereocenters. The van der Waals surface area contributed by atoms with Gasteiger partial charge in [-0.3, -0.25) is 9.59 Å². The molecule has 0 bridgehead atoms. The van der Waals surface area contributed by atoms with E-state index in [1.165, 1.54) is 7.11 Å². The highest BCUT2D eigenvalue weighted by Gasteiger charge is 2.42. The van der Waals surface area contributed by atoms with Crippen LogP contribution in [0.3, 0.4) is 0 Å². The minimum atomic E-state index is -0.660. The molecule has 0 aromatic heterocycles. The van der Waals surface area contributed by atoms with E-state index in [9.17, 15) is 19.8 Å². The maximum absolute atomic E-state index is 12.3. The van der Waals surface area contributed by atoms with Gasteiger partial charge in [-0.1, -0.05) is 30.7 Å². The number of aliphatic hydroxyl groups is 2. The molecule has 2 N–H and O–H groups in total. The average Bonchev–Trinajstić information content (AvgIpc) is 2.96. The van der Waals surface area contributed by atoms with Crippen molar-refractivity contribution in [2.75, 3.05) is 7.11 Å². The van der Waals surface area contributed by atoms with Crippen molar-refractivity contribution in [3.63, 3.8) is 0 Å². The van der Waals surface area contributed by atoms with E-state index in [-0.39, 0.29) is 35.4 Å². The van der Waals surface area contributed by atoms with Gasteiger partial charge in [0.15, 0.2) is 0 Å². The van der Waals surface area contributed by atoms with Crippen molar-refractivity contribution in [3.8, 4) is 11.8 Å².